The maximum atomic E-state index is 5.74. The highest BCUT2D eigenvalue weighted by molar-refractivity contribution is 5.20. The highest BCUT2D eigenvalue weighted by Crippen LogP contribution is 2.12. The lowest BCUT2D eigenvalue weighted by Gasteiger charge is -2.35. The monoisotopic (exact) mass is 536 g/mol. The summed E-state index contributed by atoms with van der Waals surface area (Å²) in [5, 5.41) is 0. The van der Waals surface area contributed by atoms with Gasteiger partial charge >= 0.3 is 0 Å². The maximum Gasteiger partial charge on any atom is 0.128 e. The number of likely N-dealkylation sites (N-methyl/N-ethyl adjacent to an activating group) is 2. The van der Waals surface area contributed by atoms with Crippen molar-refractivity contribution >= 4 is 0 Å². The van der Waals surface area contributed by atoms with E-state index in [2.05, 4.69) is 35.1 Å². The molecule has 3 nitrogen and oxygen atoms in total. The van der Waals surface area contributed by atoms with Crippen LogP contribution in [0.25, 0.3) is 0 Å². The predicted molar refractivity (Wildman–Crippen MR) is 118 cm³/mol. The minimum Gasteiger partial charge on any atom is -1.00 e. The summed E-state index contributed by atoms with van der Waals surface area (Å²) in [7, 11) is 9.47. The van der Waals surface area contributed by atoms with Crippen LogP contribution in [0.4, 0.5) is 0 Å². The van der Waals surface area contributed by atoms with Crippen LogP contribution in [0.2, 0.25) is 0 Å². The van der Waals surface area contributed by atoms with Gasteiger partial charge in [0.25, 0.3) is 0 Å². The molecule has 0 amide bonds. The van der Waals surface area contributed by atoms with E-state index in [0.29, 0.717) is 0 Å². The van der Waals surface area contributed by atoms with E-state index in [1.54, 1.807) is 0 Å². The first-order valence-electron chi connectivity index (χ1n) is 11.2. The SMILES string of the molecule is CC[N+](C)(C)CC[N+](C)(C)CCCCCCCCCCOc1ccccc1.[Br-].[Br-]. The summed E-state index contributed by atoms with van der Waals surface area (Å²) in [4.78, 5) is 0. The molecular formula is C24H46Br2N2O. The molecule has 0 aliphatic heterocycles. The summed E-state index contributed by atoms with van der Waals surface area (Å²) in [6.45, 7) is 8.24. The summed E-state index contributed by atoms with van der Waals surface area (Å²) < 4.78 is 8.05. The van der Waals surface area contributed by atoms with Crippen molar-refractivity contribution in [1.82, 2.24) is 0 Å². The molecule has 1 rings (SSSR count). The van der Waals surface area contributed by atoms with Gasteiger partial charge in [0.1, 0.15) is 18.8 Å². The third kappa shape index (κ3) is 17.3. The number of halogens is 2. The van der Waals surface area contributed by atoms with E-state index in [-0.39, 0.29) is 34.0 Å². The predicted octanol–water partition coefficient (Wildman–Crippen LogP) is -0.633. The van der Waals surface area contributed by atoms with Gasteiger partial charge in [-0.2, -0.15) is 0 Å². The molecule has 1 aromatic carbocycles. The molecule has 5 heteroatoms. The molecule has 172 valence electrons. The Kier molecular flexibility index (Phi) is 18.8. The number of unbranched alkanes of at least 4 members (excludes halogenated alkanes) is 7. The van der Waals surface area contributed by atoms with E-state index >= 15 is 0 Å². The minimum atomic E-state index is 0. The van der Waals surface area contributed by atoms with E-state index < -0.39 is 0 Å². The molecule has 0 aliphatic rings. The van der Waals surface area contributed by atoms with Crippen LogP contribution in [0, 0.1) is 0 Å². The van der Waals surface area contributed by atoms with Crippen molar-refractivity contribution in [2.24, 2.45) is 0 Å². The standard InChI is InChI=1S/C24H46N2O.2BrH/c1-6-25(2,3)21-22-26(4,5)20-16-11-9-7-8-10-12-17-23-27-24-18-14-13-15-19-24;;/h13-15,18-19H,6-12,16-17,20-23H2,1-5H3;2*1H/q+2;;/p-2. The normalized spacial score (nSPS) is 11.5. The number of quaternary nitrogens is 2. The van der Waals surface area contributed by atoms with Crippen molar-refractivity contribution in [1.29, 1.82) is 0 Å². The average Bonchev–Trinajstić information content (AvgIpc) is 2.65. The Hall–Kier alpha value is -0.100. The fourth-order valence-electron chi connectivity index (χ4n) is 3.22. The number of rotatable bonds is 16. The molecule has 0 atom stereocenters. The minimum absolute atomic E-state index is 0. The van der Waals surface area contributed by atoms with Gasteiger partial charge in [-0.05, 0) is 38.3 Å². The Labute approximate surface area is 202 Å². The Morgan fingerprint density at radius 3 is 1.66 bits per heavy atom. The summed E-state index contributed by atoms with van der Waals surface area (Å²) in [5.74, 6) is 0.996. The van der Waals surface area contributed by atoms with Crippen LogP contribution < -0.4 is 38.7 Å². The first-order chi connectivity index (χ1) is 12.8. The highest BCUT2D eigenvalue weighted by Gasteiger charge is 2.20. The second kappa shape index (κ2) is 17.6. The number of ether oxygens (including phenoxy) is 1. The fourth-order valence-corrected chi connectivity index (χ4v) is 3.22. The van der Waals surface area contributed by atoms with Crippen molar-refractivity contribution in [2.45, 2.75) is 58.3 Å². The first-order valence-corrected chi connectivity index (χ1v) is 11.2. The van der Waals surface area contributed by atoms with Gasteiger partial charge in [0.2, 0.25) is 0 Å². The third-order valence-corrected chi connectivity index (χ3v) is 5.84. The summed E-state index contributed by atoms with van der Waals surface area (Å²) in [5.41, 5.74) is 0. The smallest absolute Gasteiger partial charge is 0.128 e. The van der Waals surface area contributed by atoms with Crippen LogP contribution in [0.3, 0.4) is 0 Å². The van der Waals surface area contributed by atoms with E-state index in [4.69, 9.17) is 4.74 Å². The fraction of sp³-hybridized carbons (Fsp3) is 0.750. The Morgan fingerprint density at radius 2 is 1.10 bits per heavy atom. The Balaban J connectivity index is 0. The zero-order valence-electron chi connectivity index (χ0n) is 19.6. The largest absolute Gasteiger partial charge is 1.00 e. The molecule has 0 saturated heterocycles. The number of para-hydroxylation sites is 1. The van der Waals surface area contributed by atoms with Gasteiger partial charge < -0.3 is 47.7 Å². The molecule has 0 saturated carbocycles. The third-order valence-electron chi connectivity index (χ3n) is 5.84. The van der Waals surface area contributed by atoms with Crippen LogP contribution in [-0.4, -0.2) is 69.9 Å². The molecule has 0 radical (unpaired) electrons. The molecule has 0 spiro atoms. The van der Waals surface area contributed by atoms with Gasteiger partial charge in [0.15, 0.2) is 0 Å². The quantitative estimate of drug-likeness (QED) is 0.201. The molecule has 0 bridgehead atoms. The van der Waals surface area contributed by atoms with Crippen LogP contribution in [0.1, 0.15) is 58.3 Å². The second-order valence-electron chi connectivity index (χ2n) is 9.35. The van der Waals surface area contributed by atoms with Crippen LogP contribution in [0.5, 0.6) is 5.75 Å². The molecule has 1 aromatic rings. The molecule has 0 heterocycles. The van der Waals surface area contributed by atoms with Gasteiger partial charge in [-0.3, -0.25) is 0 Å². The Morgan fingerprint density at radius 1 is 0.621 bits per heavy atom. The highest BCUT2D eigenvalue weighted by atomic mass is 79.9. The molecule has 0 N–H and O–H groups in total. The summed E-state index contributed by atoms with van der Waals surface area (Å²) in [6, 6.07) is 10.1. The van der Waals surface area contributed by atoms with E-state index in [1.165, 1.54) is 82.0 Å². The molecule has 0 aromatic heterocycles. The summed E-state index contributed by atoms with van der Waals surface area (Å²) >= 11 is 0. The second-order valence-corrected chi connectivity index (χ2v) is 9.35. The molecule has 0 aliphatic carbocycles. The average molecular weight is 538 g/mol. The van der Waals surface area contributed by atoms with Crippen LogP contribution in [0.15, 0.2) is 30.3 Å². The number of nitrogens with zero attached hydrogens (tertiary/aromatic N) is 2. The molecule has 0 fully saturated rings. The van der Waals surface area contributed by atoms with Gasteiger partial charge in [0.05, 0.1) is 47.9 Å². The zero-order valence-corrected chi connectivity index (χ0v) is 22.8. The lowest BCUT2D eigenvalue weighted by Crippen LogP contribution is -3.00. The molecular weight excluding hydrogens is 492 g/mol. The lowest BCUT2D eigenvalue weighted by atomic mass is 10.1. The van der Waals surface area contributed by atoms with Crippen molar-refractivity contribution in [3.63, 3.8) is 0 Å². The zero-order chi connectivity index (χ0) is 20.0. The topological polar surface area (TPSA) is 9.23 Å². The van der Waals surface area contributed by atoms with Crippen molar-refractivity contribution in [3.8, 4) is 5.75 Å². The van der Waals surface area contributed by atoms with Crippen molar-refractivity contribution < 1.29 is 47.7 Å². The van der Waals surface area contributed by atoms with Gasteiger partial charge in [-0.25, -0.2) is 0 Å². The van der Waals surface area contributed by atoms with Crippen LogP contribution >= 0.6 is 0 Å². The lowest BCUT2D eigenvalue weighted by molar-refractivity contribution is -0.945. The number of benzene rings is 1. The number of hydrogen-bond acceptors (Lipinski definition) is 1. The molecule has 0 unspecified atom stereocenters. The van der Waals surface area contributed by atoms with Gasteiger partial charge in [-0.15, -0.1) is 0 Å². The van der Waals surface area contributed by atoms with Gasteiger partial charge in [-0.1, -0.05) is 50.3 Å². The van der Waals surface area contributed by atoms with E-state index in [1.807, 2.05) is 30.3 Å². The van der Waals surface area contributed by atoms with Crippen LogP contribution in [-0.2, 0) is 0 Å². The number of hydrogen-bond donors (Lipinski definition) is 0. The van der Waals surface area contributed by atoms with Gasteiger partial charge in [0, 0.05) is 0 Å². The molecule has 29 heavy (non-hydrogen) atoms. The van der Waals surface area contributed by atoms with E-state index in [9.17, 15) is 0 Å². The Bertz CT molecular complexity index is 481. The summed E-state index contributed by atoms with van der Waals surface area (Å²) in [6.07, 6.45) is 10.8. The maximum absolute atomic E-state index is 5.74. The first kappa shape index (κ1) is 31.1. The van der Waals surface area contributed by atoms with Crippen molar-refractivity contribution in [3.05, 3.63) is 30.3 Å². The van der Waals surface area contributed by atoms with Crippen molar-refractivity contribution in [2.75, 3.05) is 61.0 Å². The van der Waals surface area contributed by atoms with E-state index in [0.717, 1.165) is 16.8 Å².